The summed E-state index contributed by atoms with van der Waals surface area (Å²) in [6, 6.07) is 3.38. The van der Waals surface area contributed by atoms with Crippen LogP contribution in [0.5, 0.6) is 0 Å². The number of carbonyl (C=O) groups is 1. The Bertz CT molecular complexity index is 572. The standard InChI is InChI=1S/C13H18N4O2/c1-4-9-11(14)12(17(3)16-9)13(18)15-8(2)10-6-5-7-19-10/h5-8H,4,14H2,1-3H3,(H,15,18). The Kier molecular flexibility index (Phi) is 3.59. The van der Waals surface area contributed by atoms with Gasteiger partial charge in [0.25, 0.3) is 5.91 Å². The van der Waals surface area contributed by atoms with Crippen LogP contribution in [0.3, 0.4) is 0 Å². The van der Waals surface area contributed by atoms with Crippen LogP contribution in [0.15, 0.2) is 22.8 Å². The van der Waals surface area contributed by atoms with Crippen molar-refractivity contribution < 1.29 is 9.21 Å². The van der Waals surface area contributed by atoms with Gasteiger partial charge in [-0.05, 0) is 25.5 Å². The number of aryl methyl sites for hydroxylation is 2. The molecule has 0 spiro atoms. The summed E-state index contributed by atoms with van der Waals surface area (Å²) in [5.74, 6) is 0.445. The van der Waals surface area contributed by atoms with Gasteiger partial charge in [0.2, 0.25) is 0 Å². The second-order valence-corrected chi connectivity index (χ2v) is 4.40. The number of nitrogens with zero attached hydrogens (tertiary/aromatic N) is 2. The first kappa shape index (κ1) is 13.2. The van der Waals surface area contributed by atoms with Gasteiger partial charge in [-0.3, -0.25) is 9.48 Å². The third kappa shape index (κ3) is 2.47. The van der Waals surface area contributed by atoms with Crippen LogP contribution in [0.1, 0.15) is 41.8 Å². The fraction of sp³-hybridized carbons (Fsp3) is 0.385. The molecule has 0 aromatic carbocycles. The summed E-state index contributed by atoms with van der Waals surface area (Å²) in [6.45, 7) is 3.80. The van der Waals surface area contributed by atoms with E-state index in [0.29, 0.717) is 23.6 Å². The summed E-state index contributed by atoms with van der Waals surface area (Å²) in [4.78, 5) is 12.2. The number of hydrogen-bond acceptors (Lipinski definition) is 4. The molecule has 19 heavy (non-hydrogen) atoms. The highest BCUT2D eigenvalue weighted by Crippen LogP contribution is 2.19. The molecule has 2 heterocycles. The van der Waals surface area contributed by atoms with Crippen LogP contribution in [0.25, 0.3) is 0 Å². The first-order chi connectivity index (χ1) is 9.04. The lowest BCUT2D eigenvalue weighted by atomic mass is 10.2. The van der Waals surface area contributed by atoms with E-state index in [0.717, 1.165) is 5.69 Å². The summed E-state index contributed by atoms with van der Waals surface area (Å²) in [7, 11) is 1.71. The maximum Gasteiger partial charge on any atom is 0.272 e. The van der Waals surface area contributed by atoms with E-state index in [4.69, 9.17) is 10.2 Å². The van der Waals surface area contributed by atoms with Gasteiger partial charge in [0, 0.05) is 7.05 Å². The largest absolute Gasteiger partial charge is 0.467 e. The minimum atomic E-state index is -0.254. The van der Waals surface area contributed by atoms with E-state index >= 15 is 0 Å². The van der Waals surface area contributed by atoms with Crippen molar-refractivity contribution in [3.63, 3.8) is 0 Å². The van der Waals surface area contributed by atoms with Crippen molar-refractivity contribution in [2.45, 2.75) is 26.3 Å². The monoisotopic (exact) mass is 262 g/mol. The van der Waals surface area contributed by atoms with Crippen molar-refractivity contribution in [3.8, 4) is 0 Å². The molecule has 1 atom stereocenters. The van der Waals surface area contributed by atoms with Crippen molar-refractivity contribution in [2.75, 3.05) is 5.73 Å². The maximum absolute atomic E-state index is 12.2. The minimum Gasteiger partial charge on any atom is -0.467 e. The zero-order chi connectivity index (χ0) is 14.0. The molecule has 0 aliphatic rings. The van der Waals surface area contributed by atoms with Crippen LogP contribution < -0.4 is 11.1 Å². The zero-order valence-corrected chi connectivity index (χ0v) is 11.3. The van der Waals surface area contributed by atoms with Gasteiger partial charge >= 0.3 is 0 Å². The molecular weight excluding hydrogens is 244 g/mol. The number of aromatic nitrogens is 2. The lowest BCUT2D eigenvalue weighted by Gasteiger charge is -2.11. The second kappa shape index (κ2) is 5.17. The van der Waals surface area contributed by atoms with Crippen LogP contribution in [0.4, 0.5) is 5.69 Å². The smallest absolute Gasteiger partial charge is 0.272 e. The SMILES string of the molecule is CCc1nn(C)c(C(=O)NC(C)c2ccco2)c1N. The molecule has 3 N–H and O–H groups in total. The van der Waals surface area contributed by atoms with E-state index in [1.165, 1.54) is 4.68 Å². The van der Waals surface area contributed by atoms with Crippen LogP contribution in [0, 0.1) is 0 Å². The van der Waals surface area contributed by atoms with Crippen molar-refractivity contribution in [2.24, 2.45) is 7.05 Å². The van der Waals surface area contributed by atoms with Crippen molar-refractivity contribution in [3.05, 3.63) is 35.5 Å². The van der Waals surface area contributed by atoms with E-state index < -0.39 is 0 Å². The van der Waals surface area contributed by atoms with Gasteiger partial charge in [-0.25, -0.2) is 0 Å². The molecule has 2 aromatic heterocycles. The average molecular weight is 262 g/mol. The highest BCUT2D eigenvalue weighted by molar-refractivity contribution is 5.98. The number of hydrogen-bond donors (Lipinski definition) is 2. The number of carbonyl (C=O) groups excluding carboxylic acids is 1. The molecule has 1 unspecified atom stereocenters. The molecule has 6 heteroatoms. The van der Waals surface area contributed by atoms with Crippen LogP contribution in [-0.4, -0.2) is 15.7 Å². The van der Waals surface area contributed by atoms with Crippen LogP contribution >= 0.6 is 0 Å². The molecule has 2 rings (SSSR count). The lowest BCUT2D eigenvalue weighted by molar-refractivity contribution is 0.0927. The molecule has 102 valence electrons. The Balaban J connectivity index is 2.19. The van der Waals surface area contributed by atoms with Gasteiger partial charge in [0.05, 0.1) is 23.7 Å². The van der Waals surface area contributed by atoms with Crippen LogP contribution in [0.2, 0.25) is 0 Å². The van der Waals surface area contributed by atoms with Crippen molar-refractivity contribution in [1.29, 1.82) is 0 Å². The highest BCUT2D eigenvalue weighted by Gasteiger charge is 2.21. The Morgan fingerprint density at radius 1 is 1.63 bits per heavy atom. The Morgan fingerprint density at radius 3 is 2.89 bits per heavy atom. The van der Waals surface area contributed by atoms with E-state index in [1.807, 2.05) is 19.9 Å². The molecule has 0 aliphatic carbocycles. The number of anilines is 1. The molecule has 0 fully saturated rings. The molecule has 0 radical (unpaired) electrons. The molecule has 0 saturated heterocycles. The summed E-state index contributed by atoms with van der Waals surface area (Å²) in [5, 5.41) is 7.07. The first-order valence-electron chi connectivity index (χ1n) is 6.20. The minimum absolute atomic E-state index is 0.220. The number of furan rings is 1. The fourth-order valence-electron chi connectivity index (χ4n) is 2.00. The maximum atomic E-state index is 12.2. The number of nitrogens with two attached hydrogens (primary N) is 1. The Morgan fingerprint density at radius 2 is 2.37 bits per heavy atom. The number of amides is 1. The highest BCUT2D eigenvalue weighted by atomic mass is 16.3. The van der Waals surface area contributed by atoms with Gasteiger partial charge in [-0.2, -0.15) is 5.10 Å². The van der Waals surface area contributed by atoms with E-state index in [9.17, 15) is 4.79 Å². The lowest BCUT2D eigenvalue weighted by Crippen LogP contribution is -2.28. The summed E-state index contributed by atoms with van der Waals surface area (Å²) in [6.07, 6.45) is 2.27. The molecule has 6 nitrogen and oxygen atoms in total. The third-order valence-corrected chi connectivity index (χ3v) is 3.03. The number of rotatable bonds is 4. The van der Waals surface area contributed by atoms with Crippen LogP contribution in [-0.2, 0) is 13.5 Å². The Hall–Kier alpha value is -2.24. The number of nitrogens with one attached hydrogen (secondary N) is 1. The van der Waals surface area contributed by atoms with Crippen molar-refractivity contribution in [1.82, 2.24) is 15.1 Å². The molecular formula is C13H18N4O2. The normalized spacial score (nSPS) is 12.4. The molecule has 0 aliphatic heterocycles. The summed E-state index contributed by atoms with van der Waals surface area (Å²) < 4.78 is 6.76. The molecule has 2 aromatic rings. The molecule has 1 amide bonds. The van der Waals surface area contributed by atoms with Gasteiger partial charge in [0.15, 0.2) is 0 Å². The summed E-state index contributed by atoms with van der Waals surface area (Å²) in [5.41, 5.74) is 7.50. The quantitative estimate of drug-likeness (QED) is 0.877. The molecule has 0 bridgehead atoms. The summed E-state index contributed by atoms with van der Waals surface area (Å²) >= 11 is 0. The predicted molar refractivity (Wildman–Crippen MR) is 71.6 cm³/mol. The average Bonchev–Trinajstić information content (AvgIpc) is 2.97. The van der Waals surface area contributed by atoms with E-state index in [1.54, 1.807) is 19.4 Å². The fourth-order valence-corrected chi connectivity index (χ4v) is 2.00. The van der Waals surface area contributed by atoms with Gasteiger partial charge < -0.3 is 15.5 Å². The number of nitrogen functional groups attached to an aromatic ring is 1. The van der Waals surface area contributed by atoms with Gasteiger partial charge in [-0.15, -0.1) is 0 Å². The second-order valence-electron chi connectivity index (χ2n) is 4.40. The molecule has 0 saturated carbocycles. The van der Waals surface area contributed by atoms with E-state index in [-0.39, 0.29) is 11.9 Å². The first-order valence-corrected chi connectivity index (χ1v) is 6.20. The van der Waals surface area contributed by atoms with Crippen molar-refractivity contribution >= 4 is 11.6 Å². The van der Waals surface area contributed by atoms with Gasteiger partial charge in [-0.1, -0.05) is 6.92 Å². The Labute approximate surface area is 111 Å². The topological polar surface area (TPSA) is 86.1 Å². The predicted octanol–water partition coefficient (Wildman–Crippen LogP) is 1.65. The van der Waals surface area contributed by atoms with Gasteiger partial charge in [0.1, 0.15) is 11.5 Å². The van der Waals surface area contributed by atoms with E-state index in [2.05, 4.69) is 10.4 Å². The third-order valence-electron chi connectivity index (χ3n) is 3.03. The zero-order valence-electron chi connectivity index (χ0n) is 11.3.